The highest BCUT2D eigenvalue weighted by Crippen LogP contribution is 2.10. The van der Waals surface area contributed by atoms with Crippen molar-refractivity contribution in [1.29, 1.82) is 0 Å². The zero-order valence-corrected chi connectivity index (χ0v) is 11.8. The average Bonchev–Trinajstić information content (AvgIpc) is 2.77. The van der Waals surface area contributed by atoms with Crippen LogP contribution in [0, 0.1) is 0 Å². The fourth-order valence-corrected chi connectivity index (χ4v) is 2.00. The Balaban J connectivity index is 2.46. The summed E-state index contributed by atoms with van der Waals surface area (Å²) in [6.07, 6.45) is 7.12. The molecule has 0 saturated heterocycles. The molecule has 0 amide bonds. The molecule has 0 aliphatic rings. The highest BCUT2D eigenvalue weighted by molar-refractivity contribution is 5.86. The third-order valence-electron chi connectivity index (χ3n) is 3.04. The first-order valence-corrected chi connectivity index (χ1v) is 6.85. The summed E-state index contributed by atoms with van der Waals surface area (Å²) < 4.78 is 6.66. The second-order valence-electron chi connectivity index (χ2n) is 4.61. The molecule has 0 radical (unpaired) electrons. The molecule has 0 saturated carbocycles. The molecule has 0 spiro atoms. The van der Waals surface area contributed by atoms with Gasteiger partial charge in [-0.1, -0.05) is 44.2 Å². The largest absolute Gasteiger partial charge is 0.476 e. The summed E-state index contributed by atoms with van der Waals surface area (Å²) >= 11 is 0. The van der Waals surface area contributed by atoms with Gasteiger partial charge in [0.2, 0.25) is 0 Å². The maximum absolute atomic E-state index is 11.0. The van der Waals surface area contributed by atoms with E-state index in [1.807, 2.05) is 0 Å². The van der Waals surface area contributed by atoms with Crippen molar-refractivity contribution in [3.8, 4) is 0 Å². The lowest BCUT2D eigenvalue weighted by Crippen LogP contribution is -2.09. The molecule has 0 atom stereocenters. The SMILES string of the molecule is CCCCCCCCn1nnc(C(=O)O)c1COC. The van der Waals surface area contributed by atoms with Crippen LogP contribution in [0.1, 0.15) is 61.6 Å². The van der Waals surface area contributed by atoms with E-state index in [-0.39, 0.29) is 12.3 Å². The third-order valence-corrected chi connectivity index (χ3v) is 3.04. The molecule has 108 valence electrons. The van der Waals surface area contributed by atoms with Crippen LogP contribution in [0.2, 0.25) is 0 Å². The highest BCUT2D eigenvalue weighted by Gasteiger charge is 2.18. The third kappa shape index (κ3) is 4.98. The van der Waals surface area contributed by atoms with Gasteiger partial charge in [-0.05, 0) is 6.42 Å². The van der Waals surface area contributed by atoms with Gasteiger partial charge in [-0.3, -0.25) is 0 Å². The van der Waals surface area contributed by atoms with E-state index < -0.39 is 5.97 Å². The molecule has 6 heteroatoms. The summed E-state index contributed by atoms with van der Waals surface area (Å²) in [5.74, 6) is -1.05. The minimum absolute atomic E-state index is 0.00664. The summed E-state index contributed by atoms with van der Waals surface area (Å²) in [7, 11) is 1.54. The van der Waals surface area contributed by atoms with Crippen LogP contribution in [0.4, 0.5) is 0 Å². The van der Waals surface area contributed by atoms with Gasteiger partial charge in [-0.2, -0.15) is 0 Å². The maximum Gasteiger partial charge on any atom is 0.358 e. The van der Waals surface area contributed by atoms with Crippen molar-refractivity contribution in [2.24, 2.45) is 0 Å². The number of aromatic carboxylic acids is 1. The van der Waals surface area contributed by atoms with Gasteiger partial charge in [0.25, 0.3) is 0 Å². The molecule has 1 aromatic rings. The van der Waals surface area contributed by atoms with Gasteiger partial charge in [-0.25, -0.2) is 9.48 Å². The van der Waals surface area contributed by atoms with E-state index in [0.717, 1.165) is 12.8 Å². The molecular weight excluding hydrogens is 246 g/mol. The summed E-state index contributed by atoms with van der Waals surface area (Å²) in [6, 6.07) is 0. The van der Waals surface area contributed by atoms with E-state index >= 15 is 0 Å². The minimum atomic E-state index is -1.05. The van der Waals surface area contributed by atoms with E-state index in [0.29, 0.717) is 12.2 Å². The van der Waals surface area contributed by atoms with E-state index in [4.69, 9.17) is 9.84 Å². The predicted molar refractivity (Wildman–Crippen MR) is 71.1 cm³/mol. The van der Waals surface area contributed by atoms with E-state index in [1.165, 1.54) is 32.8 Å². The van der Waals surface area contributed by atoms with Crippen molar-refractivity contribution < 1.29 is 14.6 Å². The fourth-order valence-electron chi connectivity index (χ4n) is 2.00. The molecule has 0 unspecified atom stereocenters. The Kier molecular flexibility index (Phi) is 7.10. The number of hydrogen-bond acceptors (Lipinski definition) is 4. The van der Waals surface area contributed by atoms with Crippen molar-refractivity contribution in [3.63, 3.8) is 0 Å². The first kappa shape index (κ1) is 15.6. The van der Waals surface area contributed by atoms with Gasteiger partial charge in [0.1, 0.15) is 0 Å². The fraction of sp³-hybridized carbons (Fsp3) is 0.769. The summed E-state index contributed by atoms with van der Waals surface area (Å²) in [6.45, 7) is 3.12. The number of hydrogen-bond donors (Lipinski definition) is 1. The number of carbonyl (C=O) groups is 1. The van der Waals surface area contributed by atoms with Crippen LogP contribution >= 0.6 is 0 Å². The number of carboxylic acid groups (broad SMARTS) is 1. The van der Waals surface area contributed by atoms with Crippen molar-refractivity contribution in [2.75, 3.05) is 7.11 Å². The molecule has 1 N–H and O–H groups in total. The van der Waals surface area contributed by atoms with Gasteiger partial charge >= 0.3 is 5.97 Å². The van der Waals surface area contributed by atoms with Crippen molar-refractivity contribution in [3.05, 3.63) is 11.4 Å². The second kappa shape index (κ2) is 8.63. The normalized spacial score (nSPS) is 10.8. The molecule has 1 rings (SSSR count). The Hall–Kier alpha value is -1.43. The van der Waals surface area contributed by atoms with Gasteiger partial charge in [0, 0.05) is 13.7 Å². The molecule has 0 aliphatic heterocycles. The van der Waals surface area contributed by atoms with Crippen LogP contribution in [-0.4, -0.2) is 33.2 Å². The van der Waals surface area contributed by atoms with Crippen LogP contribution in [0.3, 0.4) is 0 Å². The average molecular weight is 269 g/mol. The van der Waals surface area contributed by atoms with Crippen molar-refractivity contribution in [1.82, 2.24) is 15.0 Å². The Morgan fingerprint density at radius 3 is 2.58 bits per heavy atom. The molecule has 1 aromatic heterocycles. The van der Waals surface area contributed by atoms with Crippen LogP contribution < -0.4 is 0 Å². The number of unbranched alkanes of at least 4 members (excludes halogenated alkanes) is 5. The number of ether oxygens (including phenoxy) is 1. The molecule has 1 heterocycles. The van der Waals surface area contributed by atoms with Crippen LogP contribution in [0.15, 0.2) is 0 Å². The van der Waals surface area contributed by atoms with Gasteiger partial charge < -0.3 is 9.84 Å². The number of nitrogens with zero attached hydrogens (tertiary/aromatic N) is 3. The van der Waals surface area contributed by atoms with Crippen molar-refractivity contribution >= 4 is 5.97 Å². The first-order valence-electron chi connectivity index (χ1n) is 6.85. The smallest absolute Gasteiger partial charge is 0.358 e. The van der Waals surface area contributed by atoms with Gasteiger partial charge in [0.05, 0.1) is 12.3 Å². The molecular formula is C13H23N3O3. The predicted octanol–water partition coefficient (Wildman–Crippen LogP) is 2.48. The molecule has 6 nitrogen and oxygen atoms in total. The Bertz CT molecular complexity index is 390. The Morgan fingerprint density at radius 1 is 1.26 bits per heavy atom. The number of aromatic nitrogens is 3. The highest BCUT2D eigenvalue weighted by atomic mass is 16.5. The minimum Gasteiger partial charge on any atom is -0.476 e. The standard InChI is InChI=1S/C13H23N3O3/c1-3-4-5-6-7-8-9-16-11(10-19-2)12(13(17)18)14-15-16/h3-10H2,1-2H3,(H,17,18). The van der Waals surface area contributed by atoms with Crippen LogP contribution in [0.5, 0.6) is 0 Å². The molecule has 0 aliphatic carbocycles. The lowest BCUT2D eigenvalue weighted by molar-refractivity contribution is 0.0684. The number of carboxylic acids is 1. The molecule has 19 heavy (non-hydrogen) atoms. The lowest BCUT2D eigenvalue weighted by atomic mass is 10.1. The number of rotatable bonds is 10. The van der Waals surface area contributed by atoms with Crippen LogP contribution in [0.25, 0.3) is 0 Å². The monoisotopic (exact) mass is 269 g/mol. The topological polar surface area (TPSA) is 77.2 Å². The number of aryl methyl sites for hydroxylation is 1. The molecule has 0 bridgehead atoms. The Morgan fingerprint density at radius 2 is 1.95 bits per heavy atom. The van der Waals surface area contributed by atoms with E-state index in [1.54, 1.807) is 4.68 Å². The molecule has 0 fully saturated rings. The summed E-state index contributed by atoms with van der Waals surface area (Å²) in [5, 5.41) is 16.6. The maximum atomic E-state index is 11.0. The van der Waals surface area contributed by atoms with Gasteiger partial charge in [0.15, 0.2) is 5.69 Å². The quantitative estimate of drug-likeness (QED) is 0.660. The van der Waals surface area contributed by atoms with E-state index in [9.17, 15) is 4.79 Å². The molecule has 0 aromatic carbocycles. The number of methoxy groups -OCH3 is 1. The van der Waals surface area contributed by atoms with E-state index in [2.05, 4.69) is 17.2 Å². The first-order chi connectivity index (χ1) is 9.20. The lowest BCUT2D eigenvalue weighted by Gasteiger charge is -2.06. The zero-order valence-electron chi connectivity index (χ0n) is 11.8. The van der Waals surface area contributed by atoms with Crippen molar-refractivity contribution in [2.45, 2.75) is 58.6 Å². The van der Waals surface area contributed by atoms with Crippen LogP contribution in [-0.2, 0) is 17.9 Å². The van der Waals surface area contributed by atoms with Gasteiger partial charge in [-0.15, -0.1) is 5.10 Å². The summed E-state index contributed by atoms with van der Waals surface area (Å²) in [5.41, 5.74) is 0.538. The second-order valence-corrected chi connectivity index (χ2v) is 4.61. The Labute approximate surface area is 113 Å². The zero-order chi connectivity index (χ0) is 14.1. The summed E-state index contributed by atoms with van der Waals surface area (Å²) in [4.78, 5) is 11.0.